The van der Waals surface area contributed by atoms with Crippen LogP contribution < -0.4 is 10.3 Å². The molecule has 1 atom stereocenters. The molecule has 0 spiro atoms. The van der Waals surface area contributed by atoms with E-state index in [4.69, 9.17) is 10.5 Å². The molecule has 1 aliphatic rings. The summed E-state index contributed by atoms with van der Waals surface area (Å²) in [4.78, 5) is 1.43. The number of pyridine rings is 1. The third kappa shape index (κ3) is 1.96. The van der Waals surface area contributed by atoms with Gasteiger partial charge in [-0.2, -0.15) is 0 Å². The highest BCUT2D eigenvalue weighted by Gasteiger charge is 2.25. The van der Waals surface area contributed by atoms with Crippen molar-refractivity contribution in [3.05, 3.63) is 40.3 Å². The largest absolute Gasteiger partial charge is 0.372 e. The first-order valence-electron chi connectivity index (χ1n) is 6.17. The van der Waals surface area contributed by atoms with Gasteiger partial charge in [-0.3, -0.25) is 0 Å². The molecule has 18 heavy (non-hydrogen) atoms. The zero-order chi connectivity index (χ0) is 12.5. The molecule has 0 fully saturated rings. The average Bonchev–Trinajstić information content (AvgIpc) is 2.82. The van der Waals surface area contributed by atoms with Gasteiger partial charge in [0.1, 0.15) is 7.05 Å². The fraction of sp³-hybridized carbons (Fsp3) is 0.357. The Labute approximate surface area is 111 Å². The summed E-state index contributed by atoms with van der Waals surface area (Å²) in [7, 11) is 2.04. The predicted octanol–water partition coefficient (Wildman–Crippen LogP) is 1.81. The molecule has 2 N–H and O–H groups in total. The summed E-state index contributed by atoms with van der Waals surface area (Å²) >= 11 is 1.83. The van der Waals surface area contributed by atoms with Crippen molar-refractivity contribution in [2.45, 2.75) is 12.5 Å². The lowest BCUT2D eigenvalue weighted by atomic mass is 9.97. The fourth-order valence-corrected chi connectivity index (χ4v) is 3.58. The molecule has 1 aliphatic heterocycles. The molecular formula is C14H17N2OS+. The molecule has 0 radical (unpaired) electrons. The van der Waals surface area contributed by atoms with Gasteiger partial charge in [0.2, 0.25) is 0 Å². The Hall–Kier alpha value is -1.23. The molecule has 2 aromatic rings. The van der Waals surface area contributed by atoms with Crippen molar-refractivity contribution in [3.63, 3.8) is 0 Å². The molecule has 4 heteroatoms. The first-order chi connectivity index (χ1) is 8.79. The van der Waals surface area contributed by atoms with Crippen LogP contribution in [0.4, 0.5) is 0 Å². The maximum atomic E-state index is 5.83. The molecule has 0 amide bonds. The van der Waals surface area contributed by atoms with Crippen molar-refractivity contribution >= 4 is 11.3 Å². The van der Waals surface area contributed by atoms with E-state index in [-0.39, 0.29) is 6.10 Å². The van der Waals surface area contributed by atoms with Gasteiger partial charge in [0.05, 0.1) is 12.7 Å². The summed E-state index contributed by atoms with van der Waals surface area (Å²) in [6.45, 7) is 1.34. The molecule has 94 valence electrons. The molecule has 0 aromatic carbocycles. The molecular weight excluding hydrogens is 244 g/mol. The van der Waals surface area contributed by atoms with Gasteiger partial charge in [-0.1, -0.05) is 0 Å². The highest BCUT2D eigenvalue weighted by molar-refractivity contribution is 7.10. The number of ether oxygens (including phenoxy) is 1. The van der Waals surface area contributed by atoms with E-state index in [1.807, 2.05) is 24.6 Å². The van der Waals surface area contributed by atoms with Crippen LogP contribution in [0.25, 0.3) is 11.1 Å². The monoisotopic (exact) mass is 261 g/mol. The number of nitrogens with two attached hydrogens (primary N) is 1. The van der Waals surface area contributed by atoms with Crippen LogP contribution in [0, 0.1) is 0 Å². The van der Waals surface area contributed by atoms with E-state index in [2.05, 4.69) is 28.3 Å². The number of hydrogen-bond donors (Lipinski definition) is 1. The average molecular weight is 261 g/mol. The molecule has 3 nitrogen and oxygen atoms in total. The number of aryl methyl sites for hydroxylation is 1. The molecule has 3 heterocycles. The molecule has 0 aliphatic carbocycles. The maximum Gasteiger partial charge on any atom is 0.176 e. The summed E-state index contributed by atoms with van der Waals surface area (Å²) in [5, 5.41) is 2.23. The van der Waals surface area contributed by atoms with Crippen LogP contribution in [-0.4, -0.2) is 13.2 Å². The Bertz CT molecular complexity index is 565. The van der Waals surface area contributed by atoms with E-state index < -0.39 is 0 Å². The van der Waals surface area contributed by atoms with Crippen molar-refractivity contribution in [1.82, 2.24) is 0 Å². The number of aromatic nitrogens is 1. The van der Waals surface area contributed by atoms with Crippen molar-refractivity contribution in [3.8, 4) is 11.1 Å². The highest BCUT2D eigenvalue weighted by atomic mass is 32.1. The van der Waals surface area contributed by atoms with Gasteiger partial charge in [0, 0.05) is 40.6 Å². The standard InChI is InChI=1S/C14H17N2OS/c1-16-5-2-3-10(8-16)11-9-18-13-4-6-17-12(7-15)14(11)13/h2-3,5,8-9,12H,4,6-7,15H2,1H3/q+1. The van der Waals surface area contributed by atoms with E-state index in [9.17, 15) is 0 Å². The second-order valence-corrected chi connectivity index (χ2v) is 5.55. The molecule has 1 unspecified atom stereocenters. The molecule has 3 rings (SSSR count). The Morgan fingerprint density at radius 2 is 2.44 bits per heavy atom. The molecule has 0 saturated heterocycles. The summed E-state index contributed by atoms with van der Waals surface area (Å²) in [5.41, 5.74) is 9.65. The van der Waals surface area contributed by atoms with Gasteiger partial charge in [0.25, 0.3) is 0 Å². The van der Waals surface area contributed by atoms with Crippen molar-refractivity contribution in [1.29, 1.82) is 0 Å². The minimum Gasteiger partial charge on any atom is -0.372 e. The second kappa shape index (κ2) is 4.80. The van der Waals surface area contributed by atoms with Crippen LogP contribution in [0.2, 0.25) is 0 Å². The van der Waals surface area contributed by atoms with Crippen molar-refractivity contribution in [2.24, 2.45) is 12.8 Å². The number of nitrogens with zero attached hydrogens (tertiary/aromatic N) is 1. The quantitative estimate of drug-likeness (QED) is 0.837. The number of hydrogen-bond acceptors (Lipinski definition) is 3. The molecule has 2 aromatic heterocycles. The summed E-state index contributed by atoms with van der Waals surface area (Å²) in [6, 6.07) is 4.21. The smallest absolute Gasteiger partial charge is 0.176 e. The van der Waals surface area contributed by atoms with Gasteiger partial charge >= 0.3 is 0 Å². The summed E-state index contributed by atoms with van der Waals surface area (Å²) < 4.78 is 7.85. The predicted molar refractivity (Wildman–Crippen MR) is 72.4 cm³/mol. The summed E-state index contributed by atoms with van der Waals surface area (Å²) in [5.74, 6) is 0. The van der Waals surface area contributed by atoms with E-state index in [0.29, 0.717) is 6.54 Å². The maximum absolute atomic E-state index is 5.83. The van der Waals surface area contributed by atoms with E-state index >= 15 is 0 Å². The number of fused-ring (bicyclic) bond motifs is 1. The normalized spacial score (nSPS) is 18.7. The van der Waals surface area contributed by atoms with E-state index in [1.165, 1.54) is 21.6 Å². The van der Waals surface area contributed by atoms with Gasteiger partial charge in [-0.25, -0.2) is 4.57 Å². The lowest BCUT2D eigenvalue weighted by molar-refractivity contribution is -0.671. The zero-order valence-electron chi connectivity index (χ0n) is 10.4. The van der Waals surface area contributed by atoms with Gasteiger partial charge in [0.15, 0.2) is 12.4 Å². The van der Waals surface area contributed by atoms with E-state index in [0.717, 1.165) is 13.0 Å². The van der Waals surface area contributed by atoms with Gasteiger partial charge in [-0.15, -0.1) is 11.3 Å². The second-order valence-electron chi connectivity index (χ2n) is 4.59. The van der Waals surface area contributed by atoms with E-state index in [1.54, 1.807) is 0 Å². The van der Waals surface area contributed by atoms with Crippen LogP contribution in [0.3, 0.4) is 0 Å². The third-order valence-corrected chi connectivity index (χ3v) is 4.41. The van der Waals surface area contributed by atoms with Crippen LogP contribution in [0.5, 0.6) is 0 Å². The van der Waals surface area contributed by atoms with Gasteiger partial charge in [-0.05, 0) is 11.4 Å². The number of thiophene rings is 1. The topological polar surface area (TPSA) is 39.1 Å². The highest BCUT2D eigenvalue weighted by Crippen LogP contribution is 2.39. The van der Waals surface area contributed by atoms with Crippen LogP contribution in [0.1, 0.15) is 16.5 Å². The molecule has 0 bridgehead atoms. The Morgan fingerprint density at radius 3 is 3.22 bits per heavy atom. The fourth-order valence-electron chi connectivity index (χ4n) is 2.49. The van der Waals surface area contributed by atoms with Gasteiger partial charge < -0.3 is 10.5 Å². The lowest BCUT2D eigenvalue weighted by Crippen LogP contribution is -2.26. The Balaban J connectivity index is 2.11. The minimum absolute atomic E-state index is 0.0560. The van der Waals surface area contributed by atoms with Crippen LogP contribution in [-0.2, 0) is 18.2 Å². The first-order valence-corrected chi connectivity index (χ1v) is 7.05. The lowest BCUT2D eigenvalue weighted by Gasteiger charge is -2.23. The zero-order valence-corrected chi connectivity index (χ0v) is 11.2. The third-order valence-electron chi connectivity index (χ3n) is 3.34. The van der Waals surface area contributed by atoms with Crippen LogP contribution in [0.15, 0.2) is 29.9 Å². The summed E-state index contributed by atoms with van der Waals surface area (Å²) in [6.07, 6.45) is 5.25. The first kappa shape index (κ1) is 11.8. The SMILES string of the molecule is C[n+]1cccc(-c2csc3c2C(CN)OCC3)c1. The Morgan fingerprint density at radius 1 is 1.56 bits per heavy atom. The Kier molecular flexibility index (Phi) is 3.16. The van der Waals surface area contributed by atoms with Crippen molar-refractivity contribution < 1.29 is 9.30 Å². The van der Waals surface area contributed by atoms with Crippen molar-refractivity contribution in [2.75, 3.05) is 13.2 Å². The number of rotatable bonds is 2. The van der Waals surface area contributed by atoms with Crippen LogP contribution >= 0.6 is 11.3 Å². The molecule has 0 saturated carbocycles. The minimum atomic E-state index is 0.0560.